The highest BCUT2D eigenvalue weighted by Gasteiger charge is 2.43. The molecule has 0 atom stereocenters. The maximum atomic E-state index is 12.8. The van der Waals surface area contributed by atoms with Crippen LogP contribution in [0.4, 0.5) is 8.78 Å². The molecule has 102 valence electrons. The van der Waals surface area contributed by atoms with Crippen LogP contribution in [-0.4, -0.2) is 17.2 Å². The van der Waals surface area contributed by atoms with Gasteiger partial charge in [-0.15, -0.1) is 8.78 Å². The number of alkyl halides is 2. The van der Waals surface area contributed by atoms with E-state index in [0.717, 1.165) is 12.0 Å². The minimum atomic E-state index is -3.58. The molecule has 6 heteroatoms. The highest BCUT2D eigenvalue weighted by molar-refractivity contribution is 8.13. The predicted molar refractivity (Wildman–Crippen MR) is 69.4 cm³/mol. The molecule has 19 heavy (non-hydrogen) atoms. The van der Waals surface area contributed by atoms with Crippen molar-refractivity contribution in [3.8, 4) is 11.5 Å². The van der Waals surface area contributed by atoms with Crippen LogP contribution < -0.4 is 9.47 Å². The van der Waals surface area contributed by atoms with Crippen molar-refractivity contribution in [3.05, 3.63) is 29.8 Å². The summed E-state index contributed by atoms with van der Waals surface area (Å²) in [4.78, 5) is 10.7. The Hall–Kier alpha value is -1.56. The number of halogens is 2. The predicted octanol–water partition coefficient (Wildman–Crippen LogP) is 3.69. The van der Waals surface area contributed by atoms with Crippen LogP contribution in [0, 0.1) is 0 Å². The van der Waals surface area contributed by atoms with Crippen molar-refractivity contribution in [2.75, 3.05) is 5.75 Å². The summed E-state index contributed by atoms with van der Waals surface area (Å²) in [6.07, 6.45) is 0.823. The Morgan fingerprint density at radius 1 is 1.37 bits per heavy atom. The number of fused-ring (bicyclic) bond motifs is 1. The summed E-state index contributed by atoms with van der Waals surface area (Å²) in [7, 11) is 0. The SMILES string of the molecule is CC(=O)SCCC=Cc1ccc2c(c1)OC(F)(F)O2. The van der Waals surface area contributed by atoms with Crippen molar-refractivity contribution in [1.29, 1.82) is 0 Å². The molecule has 0 bridgehead atoms. The monoisotopic (exact) mass is 286 g/mol. The smallest absolute Gasteiger partial charge is 0.395 e. The summed E-state index contributed by atoms with van der Waals surface area (Å²) in [6, 6.07) is 4.60. The zero-order valence-corrected chi connectivity index (χ0v) is 11.0. The third-order valence-corrected chi connectivity index (χ3v) is 3.17. The van der Waals surface area contributed by atoms with Gasteiger partial charge in [0.25, 0.3) is 0 Å². The molecule has 0 aliphatic carbocycles. The van der Waals surface area contributed by atoms with Gasteiger partial charge < -0.3 is 9.47 Å². The van der Waals surface area contributed by atoms with Gasteiger partial charge in [-0.3, -0.25) is 4.79 Å². The molecule has 2 rings (SSSR count). The molecule has 1 aromatic carbocycles. The molecular weight excluding hydrogens is 274 g/mol. The van der Waals surface area contributed by atoms with Crippen LogP contribution in [0.25, 0.3) is 6.08 Å². The Labute approximate surface area is 113 Å². The molecule has 0 N–H and O–H groups in total. The van der Waals surface area contributed by atoms with Crippen molar-refractivity contribution >= 4 is 23.0 Å². The minimum absolute atomic E-state index is 0.0326. The lowest BCUT2D eigenvalue weighted by atomic mass is 10.2. The Morgan fingerprint density at radius 3 is 2.84 bits per heavy atom. The van der Waals surface area contributed by atoms with Crippen LogP contribution in [0.1, 0.15) is 18.9 Å². The Kier molecular flexibility index (Phi) is 4.09. The molecule has 0 amide bonds. The summed E-state index contributed by atoms with van der Waals surface area (Å²) in [5.41, 5.74) is 0.743. The van der Waals surface area contributed by atoms with E-state index in [1.54, 1.807) is 12.1 Å². The van der Waals surface area contributed by atoms with Crippen LogP contribution in [0.2, 0.25) is 0 Å². The summed E-state index contributed by atoms with van der Waals surface area (Å²) in [5, 5.41) is 0.0821. The lowest BCUT2D eigenvalue weighted by Gasteiger charge is -2.04. The van der Waals surface area contributed by atoms with E-state index in [0.29, 0.717) is 5.75 Å². The number of carbonyl (C=O) groups is 1. The van der Waals surface area contributed by atoms with E-state index in [2.05, 4.69) is 9.47 Å². The van der Waals surface area contributed by atoms with Gasteiger partial charge in [-0.05, 0) is 24.1 Å². The molecular formula is C13H12F2O3S. The number of allylic oxidation sites excluding steroid dienone is 1. The molecule has 0 unspecified atom stereocenters. The molecule has 1 aromatic rings. The van der Waals surface area contributed by atoms with E-state index >= 15 is 0 Å². The third-order valence-electron chi connectivity index (χ3n) is 2.33. The average Bonchev–Trinajstić information content (AvgIpc) is 2.61. The average molecular weight is 286 g/mol. The highest BCUT2D eigenvalue weighted by atomic mass is 32.2. The second kappa shape index (κ2) is 5.61. The van der Waals surface area contributed by atoms with Crippen molar-refractivity contribution in [2.24, 2.45) is 0 Å². The number of hydrogen-bond acceptors (Lipinski definition) is 4. The molecule has 1 aliphatic heterocycles. The fraction of sp³-hybridized carbons (Fsp3) is 0.308. The van der Waals surface area contributed by atoms with Gasteiger partial charge in [-0.2, -0.15) is 0 Å². The van der Waals surface area contributed by atoms with Gasteiger partial charge in [-0.25, -0.2) is 0 Å². The van der Waals surface area contributed by atoms with Gasteiger partial charge in [0.1, 0.15) is 0 Å². The van der Waals surface area contributed by atoms with Crippen molar-refractivity contribution in [3.63, 3.8) is 0 Å². The zero-order valence-electron chi connectivity index (χ0n) is 10.2. The van der Waals surface area contributed by atoms with Gasteiger partial charge in [0.05, 0.1) is 0 Å². The van der Waals surface area contributed by atoms with Crippen molar-refractivity contribution < 1.29 is 23.0 Å². The fourth-order valence-corrected chi connectivity index (χ4v) is 2.10. The van der Waals surface area contributed by atoms with Gasteiger partial charge in [0.2, 0.25) is 0 Å². The quantitative estimate of drug-likeness (QED) is 0.791. The first-order chi connectivity index (χ1) is 8.96. The fourth-order valence-electron chi connectivity index (χ4n) is 1.56. The third kappa shape index (κ3) is 3.96. The number of benzene rings is 1. The topological polar surface area (TPSA) is 35.5 Å². The van der Waals surface area contributed by atoms with E-state index in [9.17, 15) is 13.6 Å². The normalized spacial score (nSPS) is 15.9. The van der Waals surface area contributed by atoms with Crippen LogP contribution in [0.5, 0.6) is 11.5 Å². The molecule has 0 saturated carbocycles. The molecule has 0 saturated heterocycles. The van der Waals surface area contributed by atoms with Crippen molar-refractivity contribution in [1.82, 2.24) is 0 Å². The number of thioether (sulfide) groups is 1. The Morgan fingerprint density at radius 2 is 2.11 bits per heavy atom. The van der Waals surface area contributed by atoms with Crippen LogP contribution in [-0.2, 0) is 4.79 Å². The largest absolute Gasteiger partial charge is 0.586 e. The number of hydrogen-bond donors (Lipinski definition) is 0. The van der Waals surface area contributed by atoms with Crippen molar-refractivity contribution in [2.45, 2.75) is 19.6 Å². The summed E-state index contributed by atoms with van der Waals surface area (Å²) >= 11 is 1.25. The van der Waals surface area contributed by atoms with Gasteiger partial charge in [0, 0.05) is 12.7 Å². The molecule has 0 radical (unpaired) electrons. The second-order valence-corrected chi connectivity index (χ2v) is 5.18. The maximum absolute atomic E-state index is 12.8. The Bertz CT molecular complexity index is 515. The van der Waals surface area contributed by atoms with Gasteiger partial charge >= 0.3 is 6.29 Å². The zero-order chi connectivity index (χ0) is 13.9. The standard InChI is InChI=1S/C13H12F2O3S/c1-9(16)19-7-3-2-4-10-5-6-11-12(8-10)18-13(14,15)17-11/h2,4-6,8H,3,7H2,1H3. The first-order valence-electron chi connectivity index (χ1n) is 5.66. The Balaban J connectivity index is 1.93. The first kappa shape index (κ1) is 13.9. The van der Waals surface area contributed by atoms with E-state index in [4.69, 9.17) is 0 Å². The van der Waals surface area contributed by atoms with E-state index in [1.165, 1.54) is 30.8 Å². The second-order valence-electron chi connectivity index (χ2n) is 3.90. The minimum Gasteiger partial charge on any atom is -0.395 e. The molecule has 1 aliphatic rings. The lowest BCUT2D eigenvalue weighted by Crippen LogP contribution is -2.25. The summed E-state index contributed by atoms with van der Waals surface area (Å²) < 4.78 is 34.3. The van der Waals surface area contributed by atoms with Crippen LogP contribution in [0.15, 0.2) is 24.3 Å². The van der Waals surface area contributed by atoms with E-state index in [-0.39, 0.29) is 16.6 Å². The number of rotatable bonds is 4. The van der Waals surface area contributed by atoms with E-state index < -0.39 is 6.29 Å². The molecule has 1 heterocycles. The number of ether oxygens (including phenoxy) is 2. The molecule has 0 fully saturated rings. The lowest BCUT2D eigenvalue weighted by molar-refractivity contribution is -0.286. The van der Waals surface area contributed by atoms with E-state index in [1.807, 2.05) is 6.08 Å². The van der Waals surface area contributed by atoms with Crippen LogP contribution >= 0.6 is 11.8 Å². The summed E-state index contributed by atoms with van der Waals surface area (Å²) in [5.74, 6) is 0.772. The molecule has 0 aromatic heterocycles. The highest BCUT2D eigenvalue weighted by Crippen LogP contribution is 2.41. The first-order valence-corrected chi connectivity index (χ1v) is 6.65. The van der Waals surface area contributed by atoms with Gasteiger partial charge in [-0.1, -0.05) is 30.0 Å². The number of carbonyl (C=O) groups excluding carboxylic acids is 1. The van der Waals surface area contributed by atoms with Gasteiger partial charge in [0.15, 0.2) is 16.6 Å². The van der Waals surface area contributed by atoms with Crippen LogP contribution in [0.3, 0.4) is 0 Å². The molecule has 3 nitrogen and oxygen atoms in total. The maximum Gasteiger partial charge on any atom is 0.586 e. The molecule has 0 spiro atoms. The summed E-state index contributed by atoms with van der Waals surface area (Å²) in [6.45, 7) is 1.52.